The molecule has 152 valence electrons. The molecule has 2 saturated heterocycles. The normalized spacial score (nSPS) is 23.8. The van der Waals surface area contributed by atoms with Gasteiger partial charge >= 0.3 is 0 Å². The van der Waals surface area contributed by atoms with E-state index in [-0.39, 0.29) is 5.41 Å². The lowest BCUT2D eigenvalue weighted by Crippen LogP contribution is -2.54. The molecule has 28 heavy (non-hydrogen) atoms. The van der Waals surface area contributed by atoms with Crippen LogP contribution in [0, 0.1) is 12.3 Å². The highest BCUT2D eigenvalue weighted by Crippen LogP contribution is 2.39. The highest BCUT2D eigenvalue weighted by Gasteiger charge is 2.41. The molecule has 6 nitrogen and oxygen atoms in total. The van der Waals surface area contributed by atoms with E-state index in [2.05, 4.69) is 39.5 Å². The molecular formula is C22H32N4O2. The molecule has 2 aliphatic heterocycles. The molecule has 2 aromatic heterocycles. The third kappa shape index (κ3) is 3.94. The molecular weight excluding hydrogens is 352 g/mol. The van der Waals surface area contributed by atoms with Gasteiger partial charge in [0.1, 0.15) is 5.65 Å². The minimum absolute atomic E-state index is 0.244. The molecule has 6 heteroatoms. The van der Waals surface area contributed by atoms with E-state index >= 15 is 0 Å². The second kappa shape index (κ2) is 8.21. The van der Waals surface area contributed by atoms with E-state index in [9.17, 15) is 4.79 Å². The Morgan fingerprint density at radius 3 is 3.00 bits per heavy atom. The molecule has 0 saturated carbocycles. The average molecular weight is 385 g/mol. The van der Waals surface area contributed by atoms with Crippen LogP contribution in [0.5, 0.6) is 0 Å². The average Bonchev–Trinajstić information content (AvgIpc) is 3.01. The van der Waals surface area contributed by atoms with Crippen molar-refractivity contribution in [1.29, 1.82) is 0 Å². The molecule has 0 aromatic carbocycles. The van der Waals surface area contributed by atoms with Gasteiger partial charge in [0, 0.05) is 57.9 Å². The van der Waals surface area contributed by atoms with Gasteiger partial charge in [-0.15, -0.1) is 0 Å². The van der Waals surface area contributed by atoms with Crippen LogP contribution in [-0.4, -0.2) is 65.0 Å². The largest absolute Gasteiger partial charge is 0.385 e. The predicted molar refractivity (Wildman–Crippen MR) is 109 cm³/mol. The van der Waals surface area contributed by atoms with Crippen molar-refractivity contribution in [1.82, 2.24) is 19.2 Å². The summed E-state index contributed by atoms with van der Waals surface area (Å²) in [6.07, 6.45) is 7.18. The predicted octanol–water partition coefficient (Wildman–Crippen LogP) is 2.88. The fourth-order valence-electron chi connectivity index (χ4n) is 5.05. The minimum Gasteiger partial charge on any atom is -0.385 e. The van der Waals surface area contributed by atoms with Gasteiger partial charge in [0.25, 0.3) is 0 Å². The zero-order chi connectivity index (χ0) is 19.6. The van der Waals surface area contributed by atoms with Crippen molar-refractivity contribution >= 4 is 11.6 Å². The van der Waals surface area contributed by atoms with E-state index < -0.39 is 0 Å². The summed E-state index contributed by atoms with van der Waals surface area (Å²) in [6.45, 7) is 7.67. The summed E-state index contributed by atoms with van der Waals surface area (Å²) in [5.41, 5.74) is 3.67. The molecule has 0 unspecified atom stereocenters. The number of pyridine rings is 1. The molecule has 1 atom stereocenters. The molecule has 2 aliphatic rings. The lowest BCUT2D eigenvalue weighted by atomic mass is 9.73. The number of methoxy groups -OCH3 is 1. The van der Waals surface area contributed by atoms with Crippen LogP contribution < -0.4 is 0 Å². The van der Waals surface area contributed by atoms with Gasteiger partial charge in [0.2, 0.25) is 5.91 Å². The Morgan fingerprint density at radius 2 is 2.14 bits per heavy atom. The fraction of sp³-hybridized carbons (Fsp3) is 0.636. The van der Waals surface area contributed by atoms with Gasteiger partial charge < -0.3 is 14.0 Å². The Hall–Kier alpha value is -1.92. The first-order valence-corrected chi connectivity index (χ1v) is 10.5. The van der Waals surface area contributed by atoms with Crippen molar-refractivity contribution in [2.75, 3.05) is 39.9 Å². The fourth-order valence-corrected chi connectivity index (χ4v) is 5.05. The van der Waals surface area contributed by atoms with Gasteiger partial charge in [-0.2, -0.15) is 0 Å². The Bertz CT molecular complexity index is 833. The van der Waals surface area contributed by atoms with E-state index in [1.165, 1.54) is 18.5 Å². The first-order valence-electron chi connectivity index (χ1n) is 10.5. The number of aromatic nitrogens is 2. The van der Waals surface area contributed by atoms with E-state index in [1.54, 1.807) is 7.11 Å². The number of fused-ring (bicyclic) bond motifs is 1. The summed E-state index contributed by atoms with van der Waals surface area (Å²) in [5, 5.41) is 0. The van der Waals surface area contributed by atoms with E-state index in [0.29, 0.717) is 12.3 Å². The van der Waals surface area contributed by atoms with Crippen molar-refractivity contribution in [2.24, 2.45) is 5.41 Å². The zero-order valence-electron chi connectivity index (χ0n) is 17.2. The lowest BCUT2D eigenvalue weighted by molar-refractivity contribution is -0.139. The summed E-state index contributed by atoms with van der Waals surface area (Å²) in [5.74, 6) is 0.316. The number of hydrogen-bond donors (Lipinski definition) is 0. The maximum atomic E-state index is 12.4. The smallest absolute Gasteiger partial charge is 0.222 e. The van der Waals surface area contributed by atoms with Gasteiger partial charge in [-0.25, -0.2) is 4.98 Å². The summed E-state index contributed by atoms with van der Waals surface area (Å²) in [4.78, 5) is 21.8. The first kappa shape index (κ1) is 19.4. The van der Waals surface area contributed by atoms with Crippen LogP contribution in [0.1, 0.15) is 43.5 Å². The van der Waals surface area contributed by atoms with Crippen LogP contribution in [0.3, 0.4) is 0 Å². The van der Waals surface area contributed by atoms with Crippen LogP contribution in [-0.2, 0) is 16.1 Å². The van der Waals surface area contributed by atoms with Crippen LogP contribution in [0.2, 0.25) is 0 Å². The Labute approximate surface area is 167 Å². The number of ether oxygens (including phenoxy) is 1. The molecule has 0 bridgehead atoms. The molecule has 1 amide bonds. The highest BCUT2D eigenvalue weighted by molar-refractivity contribution is 5.77. The van der Waals surface area contributed by atoms with Gasteiger partial charge in [-0.3, -0.25) is 9.69 Å². The van der Waals surface area contributed by atoms with Crippen molar-refractivity contribution < 1.29 is 9.53 Å². The van der Waals surface area contributed by atoms with Crippen LogP contribution in [0.25, 0.3) is 5.65 Å². The Balaban J connectivity index is 1.46. The van der Waals surface area contributed by atoms with Gasteiger partial charge in [0.05, 0.1) is 11.4 Å². The third-order valence-electron chi connectivity index (χ3n) is 6.47. The summed E-state index contributed by atoms with van der Waals surface area (Å²) < 4.78 is 7.39. The number of carbonyl (C=O) groups excluding carboxylic acids is 1. The van der Waals surface area contributed by atoms with Crippen molar-refractivity contribution in [3.63, 3.8) is 0 Å². The van der Waals surface area contributed by atoms with E-state index in [1.807, 2.05) is 6.07 Å². The van der Waals surface area contributed by atoms with Gasteiger partial charge in [-0.1, -0.05) is 6.07 Å². The number of amides is 1. The third-order valence-corrected chi connectivity index (χ3v) is 6.47. The number of imidazole rings is 1. The lowest BCUT2D eigenvalue weighted by Gasteiger charge is -2.48. The molecule has 4 heterocycles. The molecule has 0 radical (unpaired) electrons. The summed E-state index contributed by atoms with van der Waals surface area (Å²) in [7, 11) is 1.72. The molecule has 2 fully saturated rings. The SMILES string of the molecule is COCCCN1C[C@]2(CCCN(Cc3c(C)nc4ccccn34)C2)CCC1=O. The monoisotopic (exact) mass is 384 g/mol. The quantitative estimate of drug-likeness (QED) is 0.719. The number of carbonyl (C=O) groups is 1. The molecule has 1 spiro atoms. The molecule has 0 aliphatic carbocycles. The Kier molecular flexibility index (Phi) is 5.69. The highest BCUT2D eigenvalue weighted by atomic mass is 16.5. The molecule has 2 aromatic rings. The van der Waals surface area contributed by atoms with Crippen molar-refractivity contribution in [2.45, 2.75) is 45.6 Å². The maximum Gasteiger partial charge on any atom is 0.222 e. The maximum absolute atomic E-state index is 12.4. The summed E-state index contributed by atoms with van der Waals surface area (Å²) in [6, 6.07) is 6.18. The second-order valence-electron chi connectivity index (χ2n) is 8.55. The number of aryl methyl sites for hydroxylation is 1. The number of rotatable bonds is 6. The first-order chi connectivity index (χ1) is 13.6. The number of piperidine rings is 2. The van der Waals surface area contributed by atoms with Crippen LogP contribution in [0.15, 0.2) is 24.4 Å². The van der Waals surface area contributed by atoms with Crippen LogP contribution in [0.4, 0.5) is 0 Å². The standard InChI is InChI=1S/C22H32N4O2/c1-18-19(26-13-4-3-7-20(26)23-18)15-24-11-5-9-22(16-24)10-8-21(27)25(17-22)12-6-14-28-2/h3-4,7,13H,5-6,8-12,14-17H2,1-2H3/t22-/m1/s1. The minimum atomic E-state index is 0.244. The Morgan fingerprint density at radius 1 is 1.25 bits per heavy atom. The molecule has 4 rings (SSSR count). The van der Waals surface area contributed by atoms with Crippen molar-refractivity contribution in [3.05, 3.63) is 35.8 Å². The number of likely N-dealkylation sites (tertiary alicyclic amines) is 2. The van der Waals surface area contributed by atoms with E-state index in [0.717, 1.165) is 63.5 Å². The topological polar surface area (TPSA) is 50.1 Å². The molecule has 0 N–H and O–H groups in total. The zero-order valence-corrected chi connectivity index (χ0v) is 17.2. The van der Waals surface area contributed by atoms with Crippen LogP contribution >= 0.6 is 0 Å². The number of hydrogen-bond acceptors (Lipinski definition) is 4. The second-order valence-corrected chi connectivity index (χ2v) is 8.55. The van der Waals surface area contributed by atoms with Crippen molar-refractivity contribution in [3.8, 4) is 0 Å². The number of nitrogens with zero attached hydrogens (tertiary/aromatic N) is 4. The van der Waals surface area contributed by atoms with Gasteiger partial charge in [0.15, 0.2) is 0 Å². The van der Waals surface area contributed by atoms with E-state index in [4.69, 9.17) is 9.72 Å². The summed E-state index contributed by atoms with van der Waals surface area (Å²) >= 11 is 0. The van der Waals surface area contributed by atoms with Gasteiger partial charge in [-0.05, 0) is 51.3 Å².